The van der Waals surface area contributed by atoms with Crippen molar-refractivity contribution in [1.29, 1.82) is 0 Å². The minimum absolute atomic E-state index is 0.0131. The van der Waals surface area contributed by atoms with Crippen LogP contribution in [0.15, 0.2) is 70.2 Å². The van der Waals surface area contributed by atoms with Crippen molar-refractivity contribution >= 4 is 27.6 Å². The number of hydrogen-bond acceptors (Lipinski definition) is 6. The molecule has 0 aliphatic heterocycles. The molecule has 0 bridgehead atoms. The second-order valence-corrected chi connectivity index (χ2v) is 8.98. The van der Waals surface area contributed by atoms with Gasteiger partial charge < -0.3 is 14.5 Å². The van der Waals surface area contributed by atoms with Crippen LogP contribution in [0.25, 0.3) is 0 Å². The number of anilines is 1. The lowest BCUT2D eigenvalue weighted by Crippen LogP contribution is -2.35. The van der Waals surface area contributed by atoms with E-state index < -0.39 is 28.0 Å². The van der Waals surface area contributed by atoms with Crippen LogP contribution in [0.2, 0.25) is 0 Å². The van der Waals surface area contributed by atoms with Gasteiger partial charge in [0.2, 0.25) is 0 Å². The van der Waals surface area contributed by atoms with E-state index in [0.29, 0.717) is 11.4 Å². The van der Waals surface area contributed by atoms with Crippen molar-refractivity contribution in [3.8, 4) is 0 Å². The number of esters is 1. The predicted octanol–water partition coefficient (Wildman–Crippen LogP) is 3.56. The van der Waals surface area contributed by atoms with E-state index in [9.17, 15) is 18.0 Å². The van der Waals surface area contributed by atoms with Crippen LogP contribution < -0.4 is 10.0 Å². The van der Waals surface area contributed by atoms with E-state index in [1.807, 2.05) is 13.0 Å². The Balaban J connectivity index is 1.67. The van der Waals surface area contributed by atoms with Gasteiger partial charge in [-0.05, 0) is 62.7 Å². The first-order chi connectivity index (χ1) is 15.2. The molecule has 0 saturated carbocycles. The van der Waals surface area contributed by atoms with Crippen molar-refractivity contribution in [2.75, 3.05) is 4.72 Å². The van der Waals surface area contributed by atoms with Gasteiger partial charge in [-0.25, -0.2) is 13.2 Å². The Kier molecular flexibility index (Phi) is 6.99. The van der Waals surface area contributed by atoms with Crippen LogP contribution in [0, 0.1) is 13.8 Å². The Morgan fingerprint density at radius 2 is 1.84 bits per heavy atom. The number of nitrogens with one attached hydrogen (secondary N) is 2. The van der Waals surface area contributed by atoms with Crippen molar-refractivity contribution in [3.63, 3.8) is 0 Å². The maximum absolute atomic E-state index is 12.8. The number of carbonyl (C=O) groups is 2. The molecule has 9 heteroatoms. The zero-order valence-corrected chi connectivity index (χ0v) is 18.7. The van der Waals surface area contributed by atoms with Gasteiger partial charge in [0.25, 0.3) is 15.9 Å². The number of ether oxygens (including phenoxy) is 1. The molecule has 1 heterocycles. The lowest BCUT2D eigenvalue weighted by Gasteiger charge is -2.14. The van der Waals surface area contributed by atoms with E-state index in [1.54, 1.807) is 31.2 Å². The normalized spacial score (nSPS) is 12.1. The van der Waals surface area contributed by atoms with Gasteiger partial charge in [-0.15, -0.1) is 0 Å². The van der Waals surface area contributed by atoms with E-state index >= 15 is 0 Å². The molecule has 168 valence electrons. The average molecular weight is 457 g/mol. The lowest BCUT2D eigenvalue weighted by atomic mass is 10.1. The van der Waals surface area contributed by atoms with E-state index in [2.05, 4.69) is 10.0 Å². The first-order valence-electron chi connectivity index (χ1n) is 9.87. The summed E-state index contributed by atoms with van der Waals surface area (Å²) in [5, 5.41) is 2.60. The lowest BCUT2D eigenvalue weighted by molar-refractivity contribution is -0.129. The highest BCUT2D eigenvalue weighted by atomic mass is 32.2. The number of benzene rings is 2. The number of furan rings is 1. The number of aryl methyl sites for hydroxylation is 2. The molecule has 1 atom stereocenters. The van der Waals surface area contributed by atoms with Crippen LogP contribution in [-0.2, 0) is 26.1 Å². The molecule has 0 fully saturated rings. The predicted molar refractivity (Wildman–Crippen MR) is 119 cm³/mol. The molecule has 2 aromatic carbocycles. The highest BCUT2D eigenvalue weighted by Gasteiger charge is 2.21. The quantitative estimate of drug-likeness (QED) is 0.501. The van der Waals surface area contributed by atoms with Gasteiger partial charge >= 0.3 is 5.97 Å². The molecule has 0 unspecified atom stereocenters. The Morgan fingerprint density at radius 1 is 1.06 bits per heavy atom. The van der Waals surface area contributed by atoms with Gasteiger partial charge in [-0.2, -0.15) is 0 Å². The summed E-state index contributed by atoms with van der Waals surface area (Å²) in [5.41, 5.74) is 2.25. The SMILES string of the molecule is Cc1ccc(NS(=O)(=O)c2cccc(C(=O)O[C@H](C)C(=O)NCc3ccco3)c2)c(C)c1. The first kappa shape index (κ1) is 23.1. The van der Waals surface area contributed by atoms with E-state index in [1.165, 1.54) is 37.5 Å². The molecule has 1 amide bonds. The second-order valence-electron chi connectivity index (χ2n) is 7.30. The van der Waals surface area contributed by atoms with Gasteiger partial charge in [0.15, 0.2) is 6.10 Å². The molecular weight excluding hydrogens is 432 g/mol. The summed E-state index contributed by atoms with van der Waals surface area (Å²) < 4.78 is 38.5. The summed E-state index contributed by atoms with van der Waals surface area (Å²) in [4.78, 5) is 24.5. The largest absolute Gasteiger partial charge is 0.467 e. The van der Waals surface area contributed by atoms with E-state index in [4.69, 9.17) is 9.15 Å². The Hall–Kier alpha value is -3.59. The van der Waals surface area contributed by atoms with Gasteiger partial charge in [0.05, 0.1) is 29.0 Å². The number of hydrogen-bond donors (Lipinski definition) is 2. The van der Waals surface area contributed by atoms with Crippen LogP contribution >= 0.6 is 0 Å². The maximum Gasteiger partial charge on any atom is 0.338 e. The van der Waals surface area contributed by atoms with Crippen molar-refractivity contribution < 1.29 is 27.2 Å². The van der Waals surface area contributed by atoms with Gasteiger partial charge in [0, 0.05) is 0 Å². The summed E-state index contributed by atoms with van der Waals surface area (Å²) in [6.07, 6.45) is 0.409. The fourth-order valence-electron chi connectivity index (χ4n) is 2.94. The Labute approximate surface area is 186 Å². The van der Waals surface area contributed by atoms with E-state index in [0.717, 1.165) is 11.1 Å². The molecule has 3 rings (SSSR count). The smallest absolute Gasteiger partial charge is 0.338 e. The zero-order chi connectivity index (χ0) is 23.3. The van der Waals surface area contributed by atoms with Gasteiger partial charge in [-0.3, -0.25) is 9.52 Å². The molecule has 1 aromatic heterocycles. The summed E-state index contributed by atoms with van der Waals surface area (Å²) in [6.45, 7) is 5.30. The van der Waals surface area contributed by atoms with Gasteiger partial charge in [-0.1, -0.05) is 23.8 Å². The summed E-state index contributed by atoms with van der Waals surface area (Å²) >= 11 is 0. The molecule has 32 heavy (non-hydrogen) atoms. The number of amides is 1. The fourth-order valence-corrected chi connectivity index (χ4v) is 4.11. The average Bonchev–Trinajstić information content (AvgIpc) is 3.27. The molecular formula is C23H24N2O6S. The van der Waals surface area contributed by atoms with Crippen molar-refractivity contribution in [3.05, 3.63) is 83.3 Å². The summed E-state index contributed by atoms with van der Waals surface area (Å²) in [6, 6.07) is 14.2. The maximum atomic E-state index is 12.8. The number of carbonyl (C=O) groups excluding carboxylic acids is 2. The summed E-state index contributed by atoms with van der Waals surface area (Å²) in [7, 11) is -3.93. The summed E-state index contributed by atoms with van der Waals surface area (Å²) in [5.74, 6) is -0.754. The van der Waals surface area contributed by atoms with Crippen molar-refractivity contribution in [2.45, 2.75) is 38.3 Å². The second kappa shape index (κ2) is 9.69. The highest BCUT2D eigenvalue weighted by Crippen LogP contribution is 2.21. The molecule has 0 spiro atoms. The number of rotatable bonds is 8. The number of sulfonamides is 1. The third-order valence-corrected chi connectivity index (χ3v) is 6.04. The van der Waals surface area contributed by atoms with E-state index in [-0.39, 0.29) is 17.0 Å². The molecule has 0 saturated heterocycles. The molecule has 0 aliphatic rings. The van der Waals surface area contributed by atoms with Crippen LogP contribution in [0.4, 0.5) is 5.69 Å². The molecule has 8 nitrogen and oxygen atoms in total. The fraction of sp³-hybridized carbons (Fsp3) is 0.217. The van der Waals surface area contributed by atoms with Crippen LogP contribution in [0.1, 0.15) is 34.2 Å². The van der Waals surface area contributed by atoms with Crippen molar-refractivity contribution in [1.82, 2.24) is 5.32 Å². The van der Waals surface area contributed by atoms with Crippen molar-refractivity contribution in [2.24, 2.45) is 0 Å². The Morgan fingerprint density at radius 3 is 2.53 bits per heavy atom. The monoisotopic (exact) mass is 456 g/mol. The topological polar surface area (TPSA) is 115 Å². The van der Waals surface area contributed by atoms with Crippen LogP contribution in [0.5, 0.6) is 0 Å². The standard InChI is InChI=1S/C23H24N2O6S/c1-15-9-10-21(16(2)12-15)25-32(28,29)20-8-4-6-18(13-20)23(27)31-17(3)22(26)24-14-19-7-5-11-30-19/h4-13,17,25H,14H2,1-3H3,(H,24,26)/t17-/m1/s1. The molecule has 0 radical (unpaired) electrons. The third kappa shape index (κ3) is 5.76. The minimum atomic E-state index is -3.93. The molecule has 3 aromatic rings. The first-order valence-corrected chi connectivity index (χ1v) is 11.4. The van der Waals surface area contributed by atoms with Gasteiger partial charge in [0.1, 0.15) is 5.76 Å². The molecule has 2 N–H and O–H groups in total. The minimum Gasteiger partial charge on any atom is -0.467 e. The zero-order valence-electron chi connectivity index (χ0n) is 17.9. The van der Waals surface area contributed by atoms with Crippen LogP contribution in [0.3, 0.4) is 0 Å². The third-order valence-electron chi connectivity index (χ3n) is 4.68. The van der Waals surface area contributed by atoms with Crippen LogP contribution in [-0.4, -0.2) is 26.4 Å². The highest BCUT2D eigenvalue weighted by molar-refractivity contribution is 7.92. The Bertz CT molecular complexity index is 1220. The molecule has 0 aliphatic carbocycles.